The van der Waals surface area contributed by atoms with Gasteiger partial charge in [0.2, 0.25) is 11.5 Å². The van der Waals surface area contributed by atoms with Crippen molar-refractivity contribution in [2.75, 3.05) is 42.7 Å². The fourth-order valence-corrected chi connectivity index (χ4v) is 4.41. The Labute approximate surface area is 188 Å². The zero-order valence-corrected chi connectivity index (χ0v) is 19.9. The van der Waals surface area contributed by atoms with Gasteiger partial charge in [-0.3, -0.25) is 0 Å². The monoisotopic (exact) mass is 448 g/mol. The first-order valence-electron chi connectivity index (χ1n) is 10.3. The molecule has 32 heavy (non-hydrogen) atoms. The molecule has 0 aliphatic heterocycles. The maximum absolute atomic E-state index is 11.4. The van der Waals surface area contributed by atoms with Crippen molar-refractivity contribution in [3.05, 3.63) is 23.3 Å². The lowest BCUT2D eigenvalue weighted by molar-refractivity contribution is -0.0989. The van der Waals surface area contributed by atoms with E-state index in [0.717, 1.165) is 5.56 Å². The zero-order valence-electron chi connectivity index (χ0n) is 19.9. The minimum atomic E-state index is -1.45. The molecule has 0 saturated heterocycles. The van der Waals surface area contributed by atoms with Crippen molar-refractivity contribution in [1.82, 2.24) is 0 Å². The normalized spacial score (nSPS) is 22.1. The smallest absolute Gasteiger partial charge is 0.203 e. The van der Waals surface area contributed by atoms with E-state index in [1.807, 2.05) is 13.0 Å². The summed E-state index contributed by atoms with van der Waals surface area (Å²) in [5.74, 6) is 2.09. The van der Waals surface area contributed by atoms with Crippen LogP contribution < -0.4 is 28.4 Å². The summed E-state index contributed by atoms with van der Waals surface area (Å²) < 4.78 is 33.9. The van der Waals surface area contributed by atoms with Gasteiger partial charge in [-0.05, 0) is 42.5 Å². The van der Waals surface area contributed by atoms with Crippen molar-refractivity contribution < 1.29 is 38.6 Å². The topological polar surface area (TPSA) is 95.8 Å². The predicted molar refractivity (Wildman–Crippen MR) is 120 cm³/mol. The van der Waals surface area contributed by atoms with Gasteiger partial charge in [-0.15, -0.1) is 0 Å². The van der Waals surface area contributed by atoms with E-state index in [9.17, 15) is 10.2 Å². The first-order valence-corrected chi connectivity index (χ1v) is 10.3. The molecule has 2 N–H and O–H groups in total. The lowest BCUT2D eigenvalue weighted by atomic mass is 9.73. The molecule has 0 bridgehead atoms. The molecule has 1 unspecified atom stereocenters. The molecule has 2 aromatic carbocycles. The Kier molecular flexibility index (Phi) is 6.67. The van der Waals surface area contributed by atoms with Crippen molar-refractivity contribution in [2.24, 2.45) is 5.92 Å². The molecule has 176 valence electrons. The average molecular weight is 449 g/mol. The van der Waals surface area contributed by atoms with Gasteiger partial charge in [0, 0.05) is 11.1 Å². The minimum Gasteiger partial charge on any atom is -0.493 e. The van der Waals surface area contributed by atoms with Crippen LogP contribution in [0.5, 0.6) is 34.5 Å². The van der Waals surface area contributed by atoms with Crippen LogP contribution >= 0.6 is 0 Å². The summed E-state index contributed by atoms with van der Waals surface area (Å²) in [5.41, 5.74) is 1.00. The zero-order chi connectivity index (χ0) is 23.8. The maximum Gasteiger partial charge on any atom is 0.203 e. The fraction of sp³-hybridized carbons (Fsp3) is 0.500. The van der Waals surface area contributed by atoms with Crippen molar-refractivity contribution in [3.63, 3.8) is 0 Å². The standard InChI is InChI=1S/C24H32O8/c1-12-9-13-10-15(27-3)19(29-5)21(31-7)17(13)18-14(23(25)24(12,2)26)11-16(28-4)20(30-6)22(18)32-8/h10-12,23,25-26H,9H2,1-8H3/t12?,23-,24-/m0/s1. The second kappa shape index (κ2) is 8.96. The summed E-state index contributed by atoms with van der Waals surface area (Å²) in [6, 6.07) is 3.52. The van der Waals surface area contributed by atoms with Gasteiger partial charge < -0.3 is 38.6 Å². The van der Waals surface area contributed by atoms with Crippen LogP contribution in [-0.4, -0.2) is 58.5 Å². The van der Waals surface area contributed by atoms with E-state index in [2.05, 4.69) is 0 Å². The predicted octanol–water partition coefficient (Wildman–Crippen LogP) is 3.38. The van der Waals surface area contributed by atoms with Gasteiger partial charge >= 0.3 is 0 Å². The number of rotatable bonds is 6. The van der Waals surface area contributed by atoms with Crippen LogP contribution in [0.4, 0.5) is 0 Å². The van der Waals surface area contributed by atoms with Crippen LogP contribution in [0.2, 0.25) is 0 Å². The van der Waals surface area contributed by atoms with Crippen molar-refractivity contribution >= 4 is 0 Å². The van der Waals surface area contributed by atoms with Crippen LogP contribution in [0.15, 0.2) is 12.1 Å². The molecule has 0 heterocycles. The molecule has 0 fully saturated rings. The number of methoxy groups -OCH3 is 6. The molecule has 3 atom stereocenters. The number of benzene rings is 2. The number of hydrogen-bond acceptors (Lipinski definition) is 8. The first kappa shape index (κ1) is 23.8. The summed E-state index contributed by atoms with van der Waals surface area (Å²) in [6.45, 7) is 3.51. The summed E-state index contributed by atoms with van der Waals surface area (Å²) in [4.78, 5) is 0. The average Bonchev–Trinajstić information content (AvgIpc) is 2.80. The first-order chi connectivity index (χ1) is 15.2. The Morgan fingerprint density at radius 3 is 1.69 bits per heavy atom. The van der Waals surface area contributed by atoms with Gasteiger partial charge in [-0.2, -0.15) is 0 Å². The van der Waals surface area contributed by atoms with Gasteiger partial charge in [0.1, 0.15) is 6.10 Å². The SMILES string of the molecule is COc1cc2c(c(OC)c1OC)-c1c(cc(OC)c(OC)c1OC)[C@H](O)[C@@](C)(O)C(C)C2. The molecule has 0 amide bonds. The third-order valence-electron chi connectivity index (χ3n) is 6.39. The Balaban J connectivity index is 2.60. The Bertz CT molecular complexity index is 998. The number of fused-ring (bicyclic) bond motifs is 3. The number of aliphatic hydroxyl groups is 2. The van der Waals surface area contributed by atoms with Crippen LogP contribution in [0.25, 0.3) is 11.1 Å². The molecular formula is C24H32O8. The molecule has 0 radical (unpaired) electrons. The van der Waals surface area contributed by atoms with Gasteiger partial charge in [0.25, 0.3) is 0 Å². The summed E-state index contributed by atoms with van der Waals surface area (Å²) in [5, 5.41) is 22.7. The molecule has 0 aromatic heterocycles. The molecule has 0 spiro atoms. The third kappa shape index (κ3) is 3.47. The van der Waals surface area contributed by atoms with Gasteiger partial charge in [0.05, 0.1) is 48.3 Å². The van der Waals surface area contributed by atoms with Crippen molar-refractivity contribution in [3.8, 4) is 45.6 Å². The molecular weight excluding hydrogens is 416 g/mol. The summed E-state index contributed by atoms with van der Waals surface area (Å²) >= 11 is 0. The second-order valence-electron chi connectivity index (χ2n) is 8.02. The molecule has 1 aliphatic carbocycles. The number of aliphatic hydroxyl groups excluding tert-OH is 1. The summed E-state index contributed by atoms with van der Waals surface area (Å²) in [6.07, 6.45) is -0.806. The number of hydrogen-bond donors (Lipinski definition) is 2. The lowest BCUT2D eigenvalue weighted by Crippen LogP contribution is -2.41. The molecule has 1 aliphatic rings. The van der Waals surface area contributed by atoms with Crippen LogP contribution in [0, 0.1) is 5.92 Å². The van der Waals surface area contributed by atoms with Crippen LogP contribution in [-0.2, 0) is 6.42 Å². The highest BCUT2D eigenvalue weighted by Crippen LogP contribution is 2.57. The van der Waals surface area contributed by atoms with Gasteiger partial charge in [-0.25, -0.2) is 0 Å². The fourth-order valence-electron chi connectivity index (χ4n) is 4.41. The van der Waals surface area contributed by atoms with Gasteiger partial charge in [-0.1, -0.05) is 6.92 Å². The third-order valence-corrected chi connectivity index (χ3v) is 6.39. The molecule has 2 aromatic rings. The Hall–Kier alpha value is -2.84. The van der Waals surface area contributed by atoms with E-state index in [-0.39, 0.29) is 5.92 Å². The maximum atomic E-state index is 11.4. The molecule has 8 nitrogen and oxygen atoms in total. The highest BCUT2D eigenvalue weighted by molar-refractivity contribution is 5.88. The van der Waals surface area contributed by atoms with E-state index >= 15 is 0 Å². The minimum absolute atomic E-state index is 0.314. The van der Waals surface area contributed by atoms with Crippen molar-refractivity contribution in [1.29, 1.82) is 0 Å². The van der Waals surface area contributed by atoms with E-state index in [0.29, 0.717) is 57.6 Å². The van der Waals surface area contributed by atoms with Gasteiger partial charge in [0.15, 0.2) is 23.0 Å². The van der Waals surface area contributed by atoms with Crippen LogP contribution in [0.3, 0.4) is 0 Å². The lowest BCUT2D eigenvalue weighted by Gasteiger charge is -2.39. The molecule has 0 saturated carbocycles. The highest BCUT2D eigenvalue weighted by atomic mass is 16.5. The van der Waals surface area contributed by atoms with Crippen LogP contribution in [0.1, 0.15) is 31.1 Å². The largest absolute Gasteiger partial charge is 0.493 e. The van der Waals surface area contributed by atoms with E-state index in [1.54, 1.807) is 27.2 Å². The van der Waals surface area contributed by atoms with Crippen molar-refractivity contribution in [2.45, 2.75) is 32.0 Å². The summed E-state index contributed by atoms with van der Waals surface area (Å²) in [7, 11) is 9.15. The molecule has 3 rings (SSSR count). The Morgan fingerprint density at radius 2 is 1.22 bits per heavy atom. The second-order valence-corrected chi connectivity index (χ2v) is 8.02. The Morgan fingerprint density at radius 1 is 0.750 bits per heavy atom. The number of ether oxygens (including phenoxy) is 6. The highest BCUT2D eigenvalue weighted by Gasteiger charge is 2.43. The van der Waals surface area contributed by atoms with E-state index in [1.165, 1.54) is 28.4 Å². The quantitative estimate of drug-likeness (QED) is 0.694. The molecule has 8 heteroatoms. The van der Waals surface area contributed by atoms with E-state index < -0.39 is 11.7 Å². The van der Waals surface area contributed by atoms with E-state index in [4.69, 9.17) is 28.4 Å².